The first-order valence-electron chi connectivity index (χ1n) is 5.59. The number of amides is 1. The summed E-state index contributed by atoms with van der Waals surface area (Å²) in [5.41, 5.74) is -0.469. The normalized spacial score (nSPS) is 11.0. The molecule has 0 saturated carbocycles. The van der Waals surface area contributed by atoms with Gasteiger partial charge in [0.2, 0.25) is 0 Å². The Hall–Kier alpha value is -2.37. The van der Waals surface area contributed by atoms with E-state index in [0.29, 0.717) is 0 Å². The van der Waals surface area contributed by atoms with Crippen LogP contribution in [0.2, 0.25) is 10.3 Å². The monoisotopic (exact) mass is 378 g/mol. The fourth-order valence-corrected chi connectivity index (χ4v) is 2.70. The summed E-state index contributed by atoms with van der Waals surface area (Å²) in [6, 6.07) is 3.23. The molecule has 0 atom stereocenters. The van der Waals surface area contributed by atoms with Gasteiger partial charge in [-0.25, -0.2) is 14.7 Å². The van der Waals surface area contributed by atoms with Crippen LogP contribution in [0.3, 0.4) is 0 Å². The lowest BCUT2D eigenvalue weighted by Gasteiger charge is -2.04. The minimum absolute atomic E-state index is 0.0812. The number of carbonyl (C=O) groups excluding carboxylic acids is 1. The molecule has 0 fully saturated rings. The molecule has 2 rings (SSSR count). The van der Waals surface area contributed by atoms with E-state index in [1.807, 2.05) is 0 Å². The van der Waals surface area contributed by atoms with Gasteiger partial charge in [-0.05, 0) is 16.0 Å². The van der Waals surface area contributed by atoms with Crippen molar-refractivity contribution in [3.63, 3.8) is 0 Å². The van der Waals surface area contributed by atoms with E-state index in [4.69, 9.17) is 28.4 Å². The number of aromatic nitrogens is 3. The second-order valence-corrected chi connectivity index (χ2v) is 6.25. The van der Waals surface area contributed by atoms with Gasteiger partial charge in [-0.15, -0.1) is 0 Å². The highest BCUT2D eigenvalue weighted by atomic mass is 35.5. The summed E-state index contributed by atoms with van der Waals surface area (Å²) in [6.45, 7) is 0. The molecule has 0 aliphatic heterocycles. The lowest BCUT2D eigenvalue weighted by atomic mass is 10.4. The van der Waals surface area contributed by atoms with Crippen LogP contribution in [0.5, 0.6) is 0 Å². The molecule has 2 heterocycles. The van der Waals surface area contributed by atoms with E-state index < -0.39 is 42.5 Å². The maximum Gasteiger partial charge on any atom is 0.409 e. The number of hydrogen-bond acceptors (Lipinski definition) is 7. The van der Waals surface area contributed by atoms with Crippen molar-refractivity contribution in [3.8, 4) is 0 Å². The van der Waals surface area contributed by atoms with Crippen LogP contribution >= 0.6 is 23.2 Å². The Morgan fingerprint density at radius 2 is 1.96 bits per heavy atom. The van der Waals surface area contributed by atoms with Crippen LogP contribution in [0, 0.1) is 4.91 Å². The first kappa shape index (κ1) is 17.0. The van der Waals surface area contributed by atoms with E-state index in [1.165, 1.54) is 0 Å². The smallest absolute Gasteiger partial charge is 0.314 e. The van der Waals surface area contributed by atoms with E-state index in [1.54, 1.807) is 4.72 Å². The summed E-state index contributed by atoms with van der Waals surface area (Å²) in [5, 5.41) is 7.57. The molecule has 0 aliphatic rings. The number of sulfonamides is 1. The molecule has 0 aromatic carbocycles. The molecule has 1 amide bonds. The number of rotatable bonds is 4. The topological polar surface area (TPSA) is 142 Å². The Morgan fingerprint density at radius 3 is 2.57 bits per heavy atom. The van der Waals surface area contributed by atoms with Crippen molar-refractivity contribution < 1.29 is 23.3 Å². The number of hydrogen-bond donors (Lipinski definition) is 2. The third-order valence-electron chi connectivity index (χ3n) is 2.32. The van der Waals surface area contributed by atoms with Crippen LogP contribution in [0.4, 0.5) is 5.82 Å². The third-order valence-corrected chi connectivity index (χ3v) is 4.00. The molecule has 23 heavy (non-hydrogen) atoms. The standard InChI is InChI=1S/C10H5Cl2N5O5S/c11-5-4-13-8(9(12)14-5)10(18)16-23(21,22)7-3-1-2-6(15-7)17(19)20/h1-4H,(H-,16,18,19,20)/p+1. The summed E-state index contributed by atoms with van der Waals surface area (Å²) in [6.07, 6.45) is 1.01. The van der Waals surface area contributed by atoms with Crippen molar-refractivity contribution in [1.29, 1.82) is 0 Å². The summed E-state index contributed by atoms with van der Waals surface area (Å²) < 4.78 is 25.8. The van der Waals surface area contributed by atoms with Crippen molar-refractivity contribution >= 4 is 45.0 Å². The molecule has 2 aromatic rings. The van der Waals surface area contributed by atoms with E-state index in [0.717, 1.165) is 24.4 Å². The van der Waals surface area contributed by atoms with Gasteiger partial charge >= 0.3 is 15.8 Å². The average molecular weight is 379 g/mol. The molecule has 0 radical (unpaired) electrons. The van der Waals surface area contributed by atoms with Gasteiger partial charge in [0.15, 0.2) is 15.8 Å². The van der Waals surface area contributed by atoms with Crippen molar-refractivity contribution in [2.45, 2.75) is 5.03 Å². The quantitative estimate of drug-likeness (QED) is 0.752. The second kappa shape index (κ2) is 6.40. The molecule has 0 saturated heterocycles. The summed E-state index contributed by atoms with van der Waals surface area (Å²) in [5.74, 6) is -1.75. The highest BCUT2D eigenvalue weighted by Gasteiger charge is 2.28. The highest BCUT2D eigenvalue weighted by Crippen LogP contribution is 2.15. The first-order valence-corrected chi connectivity index (χ1v) is 7.83. The van der Waals surface area contributed by atoms with Gasteiger partial charge in [0.05, 0.1) is 6.20 Å². The van der Waals surface area contributed by atoms with Gasteiger partial charge in [-0.2, -0.15) is 8.42 Å². The van der Waals surface area contributed by atoms with E-state index >= 15 is 0 Å². The number of pyridine rings is 1. The number of halogens is 2. The van der Waals surface area contributed by atoms with Crippen molar-refractivity contribution in [2.24, 2.45) is 0 Å². The molecule has 2 aromatic heterocycles. The highest BCUT2D eigenvalue weighted by molar-refractivity contribution is 7.90. The van der Waals surface area contributed by atoms with Gasteiger partial charge in [0.1, 0.15) is 5.15 Å². The van der Waals surface area contributed by atoms with E-state index in [2.05, 4.69) is 15.0 Å². The zero-order valence-electron chi connectivity index (χ0n) is 10.8. The first-order chi connectivity index (χ1) is 10.7. The zero-order chi connectivity index (χ0) is 17.2. The number of nitrogens with one attached hydrogen (secondary N) is 1. The maximum atomic E-state index is 12.1. The number of nitrogens with zero attached hydrogens (tertiary/aromatic N) is 4. The Kier molecular flexibility index (Phi) is 4.73. The largest absolute Gasteiger partial charge is 0.409 e. The third kappa shape index (κ3) is 3.88. The molecule has 13 heteroatoms. The minimum Gasteiger partial charge on any atom is -0.314 e. The predicted octanol–water partition coefficient (Wildman–Crippen LogP) is 1.10. The van der Waals surface area contributed by atoms with Crippen LogP contribution in [0.1, 0.15) is 10.5 Å². The van der Waals surface area contributed by atoms with Crippen molar-refractivity contribution in [3.05, 3.63) is 45.3 Å². The fraction of sp³-hybridized carbons (Fsp3) is 0. The van der Waals surface area contributed by atoms with Crippen molar-refractivity contribution in [2.75, 3.05) is 0 Å². The van der Waals surface area contributed by atoms with Crippen LogP contribution in [-0.2, 0) is 10.0 Å². The Morgan fingerprint density at radius 1 is 1.26 bits per heavy atom. The van der Waals surface area contributed by atoms with Crippen LogP contribution in [0.15, 0.2) is 29.4 Å². The van der Waals surface area contributed by atoms with Gasteiger partial charge in [-0.1, -0.05) is 23.2 Å². The minimum atomic E-state index is -4.44. The molecule has 10 nitrogen and oxygen atoms in total. The Labute approximate surface area is 138 Å². The fourth-order valence-electron chi connectivity index (χ4n) is 1.38. The van der Waals surface area contributed by atoms with Crippen LogP contribution in [-0.4, -0.2) is 39.4 Å². The second-order valence-electron chi connectivity index (χ2n) is 3.87. The van der Waals surface area contributed by atoms with E-state index in [-0.39, 0.29) is 5.15 Å². The molecule has 0 aliphatic carbocycles. The van der Waals surface area contributed by atoms with Gasteiger partial charge in [-0.3, -0.25) is 4.79 Å². The van der Waals surface area contributed by atoms with Gasteiger partial charge in [0, 0.05) is 12.1 Å². The maximum absolute atomic E-state index is 12.1. The molecular weight excluding hydrogens is 373 g/mol. The van der Waals surface area contributed by atoms with Crippen molar-refractivity contribution in [1.82, 2.24) is 19.7 Å². The molecule has 120 valence electrons. The Balaban J connectivity index is 2.32. The van der Waals surface area contributed by atoms with Gasteiger partial charge < -0.3 is 5.21 Å². The summed E-state index contributed by atoms with van der Waals surface area (Å²) in [7, 11) is -4.44. The lowest BCUT2D eigenvalue weighted by molar-refractivity contribution is -0.732. The van der Waals surface area contributed by atoms with Crippen LogP contribution < -0.4 is 4.72 Å². The van der Waals surface area contributed by atoms with Crippen LogP contribution in [0.25, 0.3) is 0 Å². The Bertz CT molecular complexity index is 904. The molecule has 2 N–H and O–H groups in total. The molecular formula is C10H6Cl2N5O5S+. The molecule has 0 unspecified atom stereocenters. The van der Waals surface area contributed by atoms with Gasteiger partial charge in [0.25, 0.3) is 10.9 Å². The van der Waals surface area contributed by atoms with E-state index in [9.17, 15) is 18.1 Å². The number of carbonyl (C=O) groups is 1. The predicted molar refractivity (Wildman–Crippen MR) is 76.0 cm³/mol. The summed E-state index contributed by atoms with van der Waals surface area (Å²) >= 11 is 11.2. The molecule has 0 bridgehead atoms. The summed E-state index contributed by atoms with van der Waals surface area (Å²) in [4.78, 5) is 32.5. The molecule has 0 spiro atoms. The lowest BCUT2D eigenvalue weighted by Crippen LogP contribution is -2.32. The average Bonchev–Trinajstić information content (AvgIpc) is 2.46. The SMILES string of the molecule is O=C(NS(=O)(=O)c1cccc([N+](=O)O)n1)c1ncc(Cl)nc1Cl. The zero-order valence-corrected chi connectivity index (χ0v) is 13.2.